The van der Waals surface area contributed by atoms with Gasteiger partial charge in [-0.25, -0.2) is 0 Å². The van der Waals surface area contributed by atoms with E-state index in [2.05, 4.69) is 12.2 Å². The minimum Gasteiger partial charge on any atom is -0.397 e. The monoisotopic (exact) mass is 300 g/mol. The minimum atomic E-state index is 0.0183. The number of unbranched alkanes of at least 4 members (excludes halogenated alkanes) is 2. The molecule has 3 nitrogen and oxygen atoms in total. The van der Waals surface area contributed by atoms with Crippen LogP contribution in [0.1, 0.15) is 32.6 Å². The van der Waals surface area contributed by atoms with E-state index in [1.54, 1.807) is 18.2 Å². The Labute approximate surface area is 124 Å². The van der Waals surface area contributed by atoms with E-state index in [4.69, 9.17) is 17.3 Å². The first kappa shape index (κ1) is 16.2. The molecule has 0 radical (unpaired) electrons. The van der Waals surface area contributed by atoms with Gasteiger partial charge in [-0.1, -0.05) is 31.4 Å². The number of rotatable bonds is 8. The maximum Gasteiger partial charge on any atom is 0.225 e. The Morgan fingerprint density at radius 2 is 2.16 bits per heavy atom. The second-order valence-electron chi connectivity index (χ2n) is 4.35. The highest BCUT2D eigenvalue weighted by molar-refractivity contribution is 7.99. The number of halogens is 1. The number of carbonyl (C=O) groups excluding carboxylic acids is 1. The summed E-state index contributed by atoms with van der Waals surface area (Å²) < 4.78 is 0. The van der Waals surface area contributed by atoms with Crippen LogP contribution >= 0.6 is 23.4 Å². The molecule has 1 aromatic carbocycles. The highest BCUT2D eigenvalue weighted by atomic mass is 35.5. The van der Waals surface area contributed by atoms with Crippen molar-refractivity contribution in [3.8, 4) is 0 Å². The van der Waals surface area contributed by atoms with Crippen molar-refractivity contribution >= 4 is 40.6 Å². The van der Waals surface area contributed by atoms with E-state index in [1.165, 1.54) is 19.3 Å². The molecule has 0 aliphatic heterocycles. The van der Waals surface area contributed by atoms with Gasteiger partial charge in [0.1, 0.15) is 0 Å². The van der Waals surface area contributed by atoms with Gasteiger partial charge in [0.15, 0.2) is 0 Å². The van der Waals surface area contributed by atoms with Gasteiger partial charge < -0.3 is 11.1 Å². The van der Waals surface area contributed by atoms with Crippen LogP contribution in [0.15, 0.2) is 18.2 Å². The molecule has 0 spiro atoms. The molecule has 0 saturated carbocycles. The lowest BCUT2D eigenvalue weighted by Crippen LogP contribution is -2.12. The summed E-state index contributed by atoms with van der Waals surface area (Å²) in [5.74, 6) is 2.01. The Morgan fingerprint density at radius 3 is 2.84 bits per heavy atom. The predicted octanol–water partition coefficient (Wildman–Crippen LogP) is 4.17. The number of benzene rings is 1. The van der Waals surface area contributed by atoms with Crippen molar-refractivity contribution in [3.05, 3.63) is 23.2 Å². The van der Waals surface area contributed by atoms with Crippen molar-refractivity contribution in [2.75, 3.05) is 22.6 Å². The third-order valence-corrected chi connectivity index (χ3v) is 4.06. The van der Waals surface area contributed by atoms with Gasteiger partial charge in [0.05, 0.1) is 10.7 Å². The lowest BCUT2D eigenvalue weighted by Gasteiger charge is -2.07. The average molecular weight is 301 g/mol. The molecule has 0 fully saturated rings. The second-order valence-corrected chi connectivity index (χ2v) is 5.99. The number of anilines is 2. The van der Waals surface area contributed by atoms with E-state index in [-0.39, 0.29) is 5.91 Å². The van der Waals surface area contributed by atoms with E-state index in [0.29, 0.717) is 22.8 Å². The first-order valence-electron chi connectivity index (χ1n) is 6.56. The largest absolute Gasteiger partial charge is 0.397 e. The third kappa shape index (κ3) is 6.73. The fraction of sp³-hybridized carbons (Fsp3) is 0.500. The smallest absolute Gasteiger partial charge is 0.225 e. The van der Waals surface area contributed by atoms with Crippen molar-refractivity contribution < 1.29 is 4.79 Å². The summed E-state index contributed by atoms with van der Waals surface area (Å²) in [6.45, 7) is 2.19. The van der Waals surface area contributed by atoms with Crippen LogP contribution in [0.4, 0.5) is 11.4 Å². The standard InChI is InChI=1S/C14H21ClN2OS/c1-2-3-4-8-19-9-7-14(18)17-11-5-6-12(15)13(16)10-11/h5-6,10H,2-4,7-9,16H2,1H3,(H,17,18). The SMILES string of the molecule is CCCCCSCCC(=O)Nc1ccc(Cl)c(N)c1. The number of amides is 1. The highest BCUT2D eigenvalue weighted by Crippen LogP contribution is 2.22. The van der Waals surface area contributed by atoms with Crippen LogP contribution in [-0.4, -0.2) is 17.4 Å². The van der Waals surface area contributed by atoms with E-state index in [1.807, 2.05) is 11.8 Å². The van der Waals surface area contributed by atoms with Gasteiger partial charge in [-0.2, -0.15) is 11.8 Å². The van der Waals surface area contributed by atoms with Gasteiger partial charge in [0.2, 0.25) is 5.91 Å². The topological polar surface area (TPSA) is 55.1 Å². The average Bonchev–Trinajstić information content (AvgIpc) is 2.38. The summed E-state index contributed by atoms with van der Waals surface area (Å²) in [4.78, 5) is 11.7. The third-order valence-electron chi connectivity index (χ3n) is 2.65. The Kier molecular flexibility index (Phi) is 7.75. The fourth-order valence-corrected chi connectivity index (χ4v) is 2.63. The zero-order valence-electron chi connectivity index (χ0n) is 11.2. The van der Waals surface area contributed by atoms with Gasteiger partial charge in [0.25, 0.3) is 0 Å². The Balaban J connectivity index is 2.21. The van der Waals surface area contributed by atoms with E-state index < -0.39 is 0 Å². The highest BCUT2D eigenvalue weighted by Gasteiger charge is 2.04. The molecule has 0 saturated heterocycles. The molecule has 0 atom stereocenters. The Morgan fingerprint density at radius 1 is 1.37 bits per heavy atom. The number of hydrogen-bond donors (Lipinski definition) is 2. The van der Waals surface area contributed by atoms with Crippen LogP contribution in [0.25, 0.3) is 0 Å². The van der Waals surface area contributed by atoms with Crippen molar-refractivity contribution in [2.24, 2.45) is 0 Å². The molecule has 19 heavy (non-hydrogen) atoms. The van der Waals surface area contributed by atoms with Gasteiger partial charge in [-0.05, 0) is 30.4 Å². The van der Waals surface area contributed by atoms with Gasteiger partial charge in [-0.15, -0.1) is 0 Å². The lowest BCUT2D eigenvalue weighted by atomic mass is 10.2. The molecule has 0 aromatic heterocycles. The first-order chi connectivity index (χ1) is 9.13. The molecule has 1 aromatic rings. The summed E-state index contributed by atoms with van der Waals surface area (Å²) in [5, 5.41) is 3.33. The number of nitrogens with one attached hydrogen (secondary N) is 1. The number of carbonyl (C=O) groups is 1. The number of thioether (sulfide) groups is 1. The second kappa shape index (κ2) is 9.10. The minimum absolute atomic E-state index is 0.0183. The van der Waals surface area contributed by atoms with Crippen molar-refractivity contribution in [2.45, 2.75) is 32.6 Å². The van der Waals surface area contributed by atoms with Gasteiger partial charge >= 0.3 is 0 Å². The summed E-state index contributed by atoms with van der Waals surface area (Å²) in [6, 6.07) is 5.12. The van der Waals surface area contributed by atoms with Gasteiger partial charge in [0, 0.05) is 17.9 Å². The molecule has 106 valence electrons. The van der Waals surface area contributed by atoms with Crippen LogP contribution in [0.3, 0.4) is 0 Å². The van der Waals surface area contributed by atoms with Crippen molar-refractivity contribution in [1.82, 2.24) is 0 Å². The van der Waals surface area contributed by atoms with Crippen LogP contribution in [0, 0.1) is 0 Å². The molecular formula is C14H21ClN2OS. The molecule has 5 heteroatoms. The number of nitrogen functional groups attached to an aromatic ring is 1. The van der Waals surface area contributed by atoms with E-state index >= 15 is 0 Å². The molecule has 3 N–H and O–H groups in total. The van der Waals surface area contributed by atoms with Crippen molar-refractivity contribution in [1.29, 1.82) is 0 Å². The molecule has 0 unspecified atom stereocenters. The van der Waals surface area contributed by atoms with Crippen LogP contribution in [0.2, 0.25) is 5.02 Å². The maximum atomic E-state index is 11.7. The fourth-order valence-electron chi connectivity index (χ4n) is 1.57. The molecule has 1 amide bonds. The zero-order valence-corrected chi connectivity index (χ0v) is 12.8. The maximum absolute atomic E-state index is 11.7. The molecule has 1 rings (SSSR count). The van der Waals surface area contributed by atoms with Crippen LogP contribution in [-0.2, 0) is 4.79 Å². The van der Waals surface area contributed by atoms with Crippen LogP contribution in [0.5, 0.6) is 0 Å². The summed E-state index contributed by atoms with van der Waals surface area (Å²) in [7, 11) is 0. The number of nitrogens with two attached hydrogens (primary N) is 1. The predicted molar refractivity (Wildman–Crippen MR) is 86.0 cm³/mol. The molecule has 0 heterocycles. The quantitative estimate of drug-likeness (QED) is 0.559. The molecule has 0 aliphatic rings. The Hall–Kier alpha value is -0.870. The van der Waals surface area contributed by atoms with Gasteiger partial charge in [-0.3, -0.25) is 4.79 Å². The van der Waals surface area contributed by atoms with Crippen LogP contribution < -0.4 is 11.1 Å². The first-order valence-corrected chi connectivity index (χ1v) is 8.09. The zero-order chi connectivity index (χ0) is 14.1. The summed E-state index contributed by atoms with van der Waals surface area (Å²) in [5.41, 5.74) is 6.85. The summed E-state index contributed by atoms with van der Waals surface area (Å²) in [6.07, 6.45) is 4.26. The normalized spacial score (nSPS) is 10.4. The van der Waals surface area contributed by atoms with Crippen molar-refractivity contribution in [3.63, 3.8) is 0 Å². The Bertz CT molecular complexity index is 412. The molecule has 0 aliphatic carbocycles. The van der Waals surface area contributed by atoms with E-state index in [9.17, 15) is 4.79 Å². The molecule has 0 bridgehead atoms. The lowest BCUT2D eigenvalue weighted by molar-refractivity contribution is -0.115. The van der Waals surface area contributed by atoms with E-state index in [0.717, 1.165) is 11.5 Å². The summed E-state index contributed by atoms with van der Waals surface area (Å²) >= 11 is 7.65. The molecular weight excluding hydrogens is 280 g/mol. The number of hydrogen-bond acceptors (Lipinski definition) is 3.